The summed E-state index contributed by atoms with van der Waals surface area (Å²) < 4.78 is 26.9. The van der Waals surface area contributed by atoms with Gasteiger partial charge in [0.15, 0.2) is 0 Å². The molecule has 0 atom stereocenters. The molecule has 1 aromatic rings. The third-order valence-corrected chi connectivity index (χ3v) is 8.40. The number of sulfonamides is 1. The van der Waals surface area contributed by atoms with Crippen molar-refractivity contribution in [2.24, 2.45) is 0 Å². The van der Waals surface area contributed by atoms with Crippen LogP contribution in [0.5, 0.6) is 0 Å². The van der Waals surface area contributed by atoms with Crippen LogP contribution in [0, 0.1) is 0 Å². The van der Waals surface area contributed by atoms with Crippen molar-refractivity contribution in [1.29, 1.82) is 0 Å². The highest BCUT2D eigenvalue weighted by atomic mass is 35.5. The molecule has 0 aromatic heterocycles. The number of carbonyl (C=O) groups is 3. The van der Waals surface area contributed by atoms with Crippen LogP contribution in [0.3, 0.4) is 0 Å². The maximum atomic E-state index is 12.9. The molecule has 1 aromatic carbocycles. The molecule has 2 aliphatic heterocycles. The zero-order valence-corrected chi connectivity index (χ0v) is 18.6. The van der Waals surface area contributed by atoms with E-state index in [0.29, 0.717) is 17.9 Å². The maximum absolute atomic E-state index is 12.9. The van der Waals surface area contributed by atoms with Gasteiger partial charge in [-0.15, -0.1) is 0 Å². The van der Waals surface area contributed by atoms with Crippen molar-refractivity contribution in [2.45, 2.75) is 42.5 Å². The summed E-state index contributed by atoms with van der Waals surface area (Å²) in [5, 5.41) is 3.13. The van der Waals surface area contributed by atoms with Crippen LogP contribution < -0.4 is 5.32 Å². The van der Waals surface area contributed by atoms with Crippen molar-refractivity contribution in [2.75, 3.05) is 32.7 Å². The smallest absolute Gasteiger partial charge is 0.325 e. The number of rotatable bonds is 4. The molecule has 11 heteroatoms. The molecule has 0 bridgehead atoms. The highest BCUT2D eigenvalue weighted by Crippen LogP contribution is 2.33. The van der Waals surface area contributed by atoms with Crippen molar-refractivity contribution >= 4 is 39.5 Å². The molecule has 1 saturated carbocycles. The minimum Gasteiger partial charge on any atom is -0.338 e. The van der Waals surface area contributed by atoms with Crippen LogP contribution in [0.2, 0.25) is 5.02 Å². The molecular weight excluding hydrogens is 444 g/mol. The van der Waals surface area contributed by atoms with E-state index in [-0.39, 0.29) is 49.4 Å². The van der Waals surface area contributed by atoms with Crippen molar-refractivity contribution in [1.82, 2.24) is 19.4 Å². The molecule has 31 heavy (non-hydrogen) atoms. The van der Waals surface area contributed by atoms with E-state index in [1.807, 2.05) is 0 Å². The van der Waals surface area contributed by atoms with E-state index in [1.54, 1.807) is 12.1 Å². The van der Waals surface area contributed by atoms with Crippen molar-refractivity contribution in [3.8, 4) is 0 Å². The summed E-state index contributed by atoms with van der Waals surface area (Å²) in [5.74, 6) is -0.691. The van der Waals surface area contributed by atoms with Gasteiger partial charge in [-0.3, -0.25) is 14.5 Å². The van der Waals surface area contributed by atoms with E-state index in [1.165, 1.54) is 21.3 Å². The molecule has 168 valence electrons. The molecule has 2 saturated heterocycles. The van der Waals surface area contributed by atoms with Gasteiger partial charge in [0.2, 0.25) is 15.9 Å². The van der Waals surface area contributed by atoms with Gasteiger partial charge >= 0.3 is 6.03 Å². The Bertz CT molecular complexity index is 1000. The van der Waals surface area contributed by atoms with Crippen LogP contribution in [-0.2, 0) is 19.6 Å². The summed E-state index contributed by atoms with van der Waals surface area (Å²) in [6, 6.07) is 5.53. The molecule has 1 spiro atoms. The second-order valence-corrected chi connectivity index (χ2v) is 10.6. The molecule has 4 amide bonds. The normalized spacial score (nSPS) is 22.1. The van der Waals surface area contributed by atoms with Crippen molar-refractivity contribution in [3.05, 3.63) is 29.3 Å². The van der Waals surface area contributed by atoms with E-state index in [9.17, 15) is 22.8 Å². The third-order valence-electron chi connectivity index (χ3n) is 6.27. The second-order valence-electron chi connectivity index (χ2n) is 8.21. The van der Waals surface area contributed by atoms with Crippen LogP contribution in [-0.4, -0.2) is 78.6 Å². The summed E-state index contributed by atoms with van der Waals surface area (Å²) in [7, 11) is -3.71. The van der Waals surface area contributed by atoms with Gasteiger partial charge in [0.25, 0.3) is 5.91 Å². The zero-order valence-electron chi connectivity index (χ0n) is 17.0. The van der Waals surface area contributed by atoms with Gasteiger partial charge < -0.3 is 10.2 Å². The number of benzene rings is 1. The van der Waals surface area contributed by atoms with Crippen LogP contribution in [0.25, 0.3) is 0 Å². The first kappa shape index (κ1) is 22.0. The maximum Gasteiger partial charge on any atom is 0.325 e. The lowest BCUT2D eigenvalue weighted by molar-refractivity contribution is -0.140. The van der Waals surface area contributed by atoms with Gasteiger partial charge in [-0.2, -0.15) is 4.31 Å². The largest absolute Gasteiger partial charge is 0.338 e. The Morgan fingerprint density at radius 2 is 1.74 bits per heavy atom. The number of urea groups is 1. The SMILES string of the molecule is O=C(CN1C(=O)NC2(CCCCC2)C1=O)N1CCN(S(=O)(=O)c2cccc(Cl)c2)CC1. The average molecular weight is 469 g/mol. The average Bonchev–Trinajstić information content (AvgIpc) is 2.98. The van der Waals surface area contributed by atoms with Gasteiger partial charge in [-0.1, -0.05) is 36.9 Å². The van der Waals surface area contributed by atoms with Gasteiger partial charge in [0.05, 0.1) is 4.90 Å². The van der Waals surface area contributed by atoms with E-state index < -0.39 is 21.6 Å². The molecule has 3 fully saturated rings. The summed E-state index contributed by atoms with van der Waals surface area (Å²) >= 11 is 5.91. The number of carbonyl (C=O) groups excluding carboxylic acids is 3. The van der Waals surface area contributed by atoms with E-state index in [4.69, 9.17) is 11.6 Å². The zero-order chi connectivity index (χ0) is 22.2. The first-order chi connectivity index (χ1) is 14.7. The van der Waals surface area contributed by atoms with Crippen LogP contribution in [0.15, 0.2) is 29.2 Å². The molecule has 0 unspecified atom stereocenters. The van der Waals surface area contributed by atoms with Crippen LogP contribution in [0.4, 0.5) is 4.79 Å². The lowest BCUT2D eigenvalue weighted by Crippen LogP contribution is -2.53. The highest BCUT2D eigenvalue weighted by Gasteiger charge is 2.51. The lowest BCUT2D eigenvalue weighted by atomic mass is 9.82. The Labute approximate surface area is 186 Å². The number of nitrogens with one attached hydrogen (secondary N) is 1. The number of hydrogen-bond acceptors (Lipinski definition) is 5. The number of hydrogen-bond donors (Lipinski definition) is 1. The predicted molar refractivity (Wildman–Crippen MR) is 113 cm³/mol. The summed E-state index contributed by atoms with van der Waals surface area (Å²) in [5.41, 5.74) is -0.862. The number of nitrogens with zero attached hydrogens (tertiary/aromatic N) is 3. The van der Waals surface area contributed by atoms with Gasteiger partial charge in [-0.25, -0.2) is 13.2 Å². The summed E-state index contributed by atoms with van der Waals surface area (Å²) in [4.78, 5) is 40.6. The minimum absolute atomic E-state index is 0.108. The van der Waals surface area contributed by atoms with Gasteiger partial charge in [0.1, 0.15) is 12.1 Å². The molecule has 2 heterocycles. The number of imide groups is 1. The molecule has 1 N–H and O–H groups in total. The number of piperazine rings is 1. The molecule has 3 aliphatic rings. The fourth-order valence-electron chi connectivity index (χ4n) is 4.50. The summed E-state index contributed by atoms with van der Waals surface area (Å²) in [6.07, 6.45) is 3.98. The number of amides is 4. The van der Waals surface area contributed by atoms with Gasteiger partial charge in [0, 0.05) is 31.2 Å². The third kappa shape index (κ3) is 4.16. The standard InChI is InChI=1S/C20H25ClN4O5S/c21-15-5-4-6-16(13-15)31(29,30)24-11-9-23(10-12-24)17(26)14-25-18(27)20(22-19(25)28)7-2-1-3-8-20/h4-6,13H,1-3,7-12,14H2,(H,22,28). The molecule has 1 aliphatic carbocycles. The van der Waals surface area contributed by atoms with Crippen molar-refractivity contribution < 1.29 is 22.8 Å². The minimum atomic E-state index is -3.71. The molecule has 0 radical (unpaired) electrons. The van der Waals surface area contributed by atoms with Crippen molar-refractivity contribution in [3.63, 3.8) is 0 Å². The fourth-order valence-corrected chi connectivity index (χ4v) is 6.23. The van der Waals surface area contributed by atoms with Crippen LogP contribution in [0.1, 0.15) is 32.1 Å². The summed E-state index contributed by atoms with van der Waals surface area (Å²) in [6.45, 7) is 0.309. The van der Waals surface area contributed by atoms with Crippen LogP contribution >= 0.6 is 11.6 Å². The Balaban J connectivity index is 1.36. The lowest BCUT2D eigenvalue weighted by Gasteiger charge is -2.34. The predicted octanol–water partition coefficient (Wildman–Crippen LogP) is 1.43. The Morgan fingerprint density at radius 3 is 2.39 bits per heavy atom. The highest BCUT2D eigenvalue weighted by molar-refractivity contribution is 7.89. The topological polar surface area (TPSA) is 107 Å². The monoisotopic (exact) mass is 468 g/mol. The molecular formula is C20H25ClN4O5S. The van der Waals surface area contributed by atoms with E-state index >= 15 is 0 Å². The molecule has 9 nitrogen and oxygen atoms in total. The van der Waals surface area contributed by atoms with Gasteiger partial charge in [-0.05, 0) is 31.0 Å². The Hall–Kier alpha value is -2.17. The van der Waals surface area contributed by atoms with E-state index in [0.717, 1.165) is 24.2 Å². The Morgan fingerprint density at radius 1 is 1.06 bits per heavy atom. The number of halogens is 1. The first-order valence-electron chi connectivity index (χ1n) is 10.4. The van der Waals surface area contributed by atoms with E-state index in [2.05, 4.69) is 5.32 Å². The fraction of sp³-hybridized carbons (Fsp3) is 0.550. The molecule has 4 rings (SSSR count). The second kappa shape index (κ2) is 8.40. The quantitative estimate of drug-likeness (QED) is 0.672. The Kier molecular flexibility index (Phi) is 5.97. The first-order valence-corrected chi connectivity index (χ1v) is 12.2.